The van der Waals surface area contributed by atoms with Crippen LogP contribution in [0.1, 0.15) is 31.2 Å². The molecule has 2 amide bonds. The number of piperidine rings is 1. The van der Waals surface area contributed by atoms with E-state index in [-0.39, 0.29) is 30.1 Å². The summed E-state index contributed by atoms with van der Waals surface area (Å²) < 4.78 is 0. The van der Waals surface area contributed by atoms with Gasteiger partial charge in [-0.15, -0.1) is 12.4 Å². The molecule has 1 aromatic rings. The van der Waals surface area contributed by atoms with E-state index >= 15 is 0 Å². The lowest BCUT2D eigenvalue weighted by molar-refractivity contribution is -0.133. The van der Waals surface area contributed by atoms with Gasteiger partial charge in [0.1, 0.15) is 0 Å². The Morgan fingerprint density at radius 3 is 2.72 bits per heavy atom. The van der Waals surface area contributed by atoms with E-state index in [1.54, 1.807) is 0 Å². The standard InChI is InChI=1S/C19H27N3O2.ClH/c1-20-13-14-8-10-22(11-9-14)18(23)7-6-16-12-15-4-2-3-5-17(15)21-19(16)24;/h2-5,14,16,20H,6-13H2,1H3,(H,21,24);1H. The third-order valence-corrected chi connectivity index (χ3v) is 5.28. The highest BCUT2D eigenvalue weighted by molar-refractivity contribution is 5.96. The molecule has 5 nitrogen and oxygen atoms in total. The van der Waals surface area contributed by atoms with E-state index in [9.17, 15) is 9.59 Å². The topological polar surface area (TPSA) is 61.4 Å². The van der Waals surface area contributed by atoms with Gasteiger partial charge in [0, 0.05) is 31.1 Å². The number of fused-ring (bicyclic) bond motifs is 1. The monoisotopic (exact) mass is 365 g/mol. The number of hydrogen-bond donors (Lipinski definition) is 2. The molecule has 0 aliphatic carbocycles. The SMILES string of the molecule is CNCC1CCN(C(=O)CCC2Cc3ccccc3NC2=O)CC1.Cl. The molecular formula is C19H28ClN3O2. The minimum absolute atomic E-state index is 0. The summed E-state index contributed by atoms with van der Waals surface area (Å²) >= 11 is 0. The average molecular weight is 366 g/mol. The molecule has 0 aromatic heterocycles. The number of anilines is 1. The molecule has 2 N–H and O–H groups in total. The largest absolute Gasteiger partial charge is 0.343 e. The lowest BCUT2D eigenvalue weighted by Gasteiger charge is -2.32. The lowest BCUT2D eigenvalue weighted by atomic mass is 9.89. The van der Waals surface area contributed by atoms with Gasteiger partial charge >= 0.3 is 0 Å². The van der Waals surface area contributed by atoms with Crippen molar-refractivity contribution < 1.29 is 9.59 Å². The van der Waals surface area contributed by atoms with E-state index in [4.69, 9.17) is 0 Å². The van der Waals surface area contributed by atoms with Crippen LogP contribution >= 0.6 is 12.4 Å². The normalized spacial score (nSPS) is 20.4. The van der Waals surface area contributed by atoms with E-state index in [2.05, 4.69) is 16.7 Å². The third-order valence-electron chi connectivity index (χ3n) is 5.28. The highest BCUT2D eigenvalue weighted by Crippen LogP contribution is 2.28. The van der Waals surface area contributed by atoms with Crippen molar-refractivity contribution in [3.8, 4) is 0 Å². The van der Waals surface area contributed by atoms with Crippen molar-refractivity contribution in [2.45, 2.75) is 32.1 Å². The Labute approximate surface area is 155 Å². The Hall–Kier alpha value is -1.59. The molecule has 2 aliphatic rings. The predicted octanol–water partition coefficient (Wildman–Crippen LogP) is 2.46. The van der Waals surface area contributed by atoms with Gasteiger partial charge in [-0.3, -0.25) is 9.59 Å². The summed E-state index contributed by atoms with van der Waals surface area (Å²) in [4.78, 5) is 26.6. The van der Waals surface area contributed by atoms with Crippen LogP contribution in [0, 0.1) is 11.8 Å². The van der Waals surface area contributed by atoms with Crippen LogP contribution in [0.5, 0.6) is 0 Å². The van der Waals surface area contributed by atoms with Gasteiger partial charge in [-0.05, 0) is 56.8 Å². The highest BCUT2D eigenvalue weighted by atomic mass is 35.5. The van der Waals surface area contributed by atoms with Crippen molar-refractivity contribution in [3.63, 3.8) is 0 Å². The quantitative estimate of drug-likeness (QED) is 0.842. The number of nitrogens with one attached hydrogen (secondary N) is 2. The van der Waals surface area contributed by atoms with E-state index in [0.29, 0.717) is 18.8 Å². The summed E-state index contributed by atoms with van der Waals surface area (Å²) in [6.07, 6.45) is 3.99. The van der Waals surface area contributed by atoms with Gasteiger partial charge in [-0.25, -0.2) is 0 Å². The minimum atomic E-state index is -0.0920. The number of halogens is 1. The van der Waals surface area contributed by atoms with Gasteiger partial charge in [0.25, 0.3) is 0 Å². The molecule has 2 aliphatic heterocycles. The van der Waals surface area contributed by atoms with Crippen molar-refractivity contribution in [1.82, 2.24) is 10.2 Å². The Kier molecular flexibility index (Phi) is 7.26. The molecule has 1 atom stereocenters. The Morgan fingerprint density at radius 2 is 2.00 bits per heavy atom. The molecule has 0 bridgehead atoms. The van der Waals surface area contributed by atoms with Gasteiger partial charge in [0.15, 0.2) is 0 Å². The summed E-state index contributed by atoms with van der Waals surface area (Å²) in [5.41, 5.74) is 2.08. The number of nitrogens with zero attached hydrogens (tertiary/aromatic N) is 1. The van der Waals surface area contributed by atoms with Crippen molar-refractivity contribution >= 4 is 29.9 Å². The molecule has 6 heteroatoms. The maximum Gasteiger partial charge on any atom is 0.227 e. The van der Waals surface area contributed by atoms with Crippen molar-refractivity contribution in [2.24, 2.45) is 11.8 Å². The summed E-state index contributed by atoms with van der Waals surface area (Å²) in [5, 5.41) is 6.18. The van der Waals surface area contributed by atoms with Crippen molar-refractivity contribution in [3.05, 3.63) is 29.8 Å². The number of carbonyl (C=O) groups excluding carboxylic acids is 2. The van der Waals surface area contributed by atoms with Gasteiger partial charge in [-0.2, -0.15) is 0 Å². The molecule has 2 heterocycles. The predicted molar refractivity (Wildman–Crippen MR) is 102 cm³/mol. The first-order chi connectivity index (χ1) is 11.7. The summed E-state index contributed by atoms with van der Waals surface area (Å²) in [5.74, 6) is 0.837. The molecule has 0 radical (unpaired) electrons. The van der Waals surface area contributed by atoms with Crippen LogP contribution in [-0.2, 0) is 16.0 Å². The zero-order valence-corrected chi connectivity index (χ0v) is 15.6. The molecular weight excluding hydrogens is 338 g/mol. The number of benzene rings is 1. The fourth-order valence-electron chi connectivity index (χ4n) is 3.78. The van der Waals surface area contributed by atoms with Crippen LogP contribution in [0.25, 0.3) is 0 Å². The number of carbonyl (C=O) groups is 2. The summed E-state index contributed by atoms with van der Waals surface area (Å²) in [6, 6.07) is 7.91. The minimum Gasteiger partial charge on any atom is -0.343 e. The van der Waals surface area contributed by atoms with Gasteiger partial charge in [0.2, 0.25) is 11.8 Å². The average Bonchev–Trinajstić information content (AvgIpc) is 2.60. The number of amides is 2. The molecule has 1 unspecified atom stereocenters. The first kappa shape index (κ1) is 19.7. The van der Waals surface area contributed by atoms with Crippen LogP contribution < -0.4 is 10.6 Å². The van der Waals surface area contributed by atoms with Crippen molar-refractivity contribution in [2.75, 3.05) is 32.0 Å². The smallest absolute Gasteiger partial charge is 0.227 e. The molecule has 0 saturated carbocycles. The van der Waals surface area contributed by atoms with E-state index in [1.807, 2.05) is 30.1 Å². The molecule has 0 spiro atoms. The second-order valence-corrected chi connectivity index (χ2v) is 6.97. The second-order valence-electron chi connectivity index (χ2n) is 6.97. The Bertz CT molecular complexity index is 600. The summed E-state index contributed by atoms with van der Waals surface area (Å²) in [6.45, 7) is 2.74. The first-order valence-electron chi connectivity index (χ1n) is 8.98. The maximum absolute atomic E-state index is 12.4. The zero-order valence-electron chi connectivity index (χ0n) is 14.8. The number of rotatable bonds is 5. The second kappa shape index (κ2) is 9.20. The molecule has 1 fully saturated rings. The molecule has 1 saturated heterocycles. The van der Waals surface area contributed by atoms with Crippen LogP contribution in [0.4, 0.5) is 5.69 Å². The van der Waals surface area contributed by atoms with E-state index in [0.717, 1.165) is 44.6 Å². The highest BCUT2D eigenvalue weighted by Gasteiger charge is 2.28. The fraction of sp³-hybridized carbons (Fsp3) is 0.579. The number of hydrogen-bond acceptors (Lipinski definition) is 3. The van der Waals surface area contributed by atoms with Gasteiger partial charge in [0.05, 0.1) is 0 Å². The van der Waals surface area contributed by atoms with Crippen molar-refractivity contribution in [1.29, 1.82) is 0 Å². The molecule has 1 aromatic carbocycles. The summed E-state index contributed by atoms with van der Waals surface area (Å²) in [7, 11) is 1.98. The van der Waals surface area contributed by atoms with Crippen LogP contribution in [-0.4, -0.2) is 43.4 Å². The molecule has 25 heavy (non-hydrogen) atoms. The van der Waals surface area contributed by atoms with Gasteiger partial charge in [-0.1, -0.05) is 18.2 Å². The van der Waals surface area contributed by atoms with Crippen LogP contribution in [0.2, 0.25) is 0 Å². The third kappa shape index (κ3) is 4.95. The van der Waals surface area contributed by atoms with E-state index < -0.39 is 0 Å². The lowest BCUT2D eigenvalue weighted by Crippen LogP contribution is -2.41. The molecule has 3 rings (SSSR count). The number of para-hydroxylation sites is 1. The number of likely N-dealkylation sites (tertiary alicyclic amines) is 1. The Balaban J connectivity index is 0.00000225. The van der Waals surface area contributed by atoms with E-state index in [1.165, 1.54) is 5.56 Å². The molecule has 138 valence electrons. The Morgan fingerprint density at radius 1 is 1.28 bits per heavy atom. The fourth-order valence-corrected chi connectivity index (χ4v) is 3.78. The van der Waals surface area contributed by atoms with Crippen LogP contribution in [0.15, 0.2) is 24.3 Å². The van der Waals surface area contributed by atoms with Gasteiger partial charge < -0.3 is 15.5 Å². The zero-order chi connectivity index (χ0) is 16.9. The first-order valence-corrected chi connectivity index (χ1v) is 8.98. The maximum atomic E-state index is 12.4. The van der Waals surface area contributed by atoms with Crippen LogP contribution in [0.3, 0.4) is 0 Å².